The van der Waals surface area contributed by atoms with E-state index in [9.17, 15) is 65.5 Å². The summed E-state index contributed by atoms with van der Waals surface area (Å²) in [4.78, 5) is 135. The number of hydrogen-bond donors (Lipinski definition) is 6. The molecule has 5 aromatic rings. The molecule has 22 nitrogen and oxygen atoms in total. The van der Waals surface area contributed by atoms with Crippen LogP contribution in [0.1, 0.15) is 81.5 Å². The number of alkyl carbamates (subject to hydrolysis) is 2. The fourth-order valence-electron chi connectivity index (χ4n) is 8.84. The van der Waals surface area contributed by atoms with Gasteiger partial charge in [-0.05, 0) is 140 Å². The molecule has 26 heteroatoms. The average molecular weight is 1260 g/mol. The van der Waals surface area contributed by atoms with Gasteiger partial charge in [-0.25, -0.2) is 36.7 Å². The molecule has 0 bridgehead atoms. The lowest BCUT2D eigenvalue weighted by molar-refractivity contribution is -0.144. The van der Waals surface area contributed by atoms with Crippen LogP contribution in [0.25, 0.3) is 0 Å². The topological polar surface area (TPSA) is 286 Å². The summed E-state index contributed by atoms with van der Waals surface area (Å²) in [7, 11) is 2.30. The van der Waals surface area contributed by atoms with Crippen LogP contribution in [-0.4, -0.2) is 161 Å². The minimum absolute atomic E-state index is 0.0299. The first-order valence-corrected chi connectivity index (χ1v) is 29.0. The molecule has 0 spiro atoms. The van der Waals surface area contributed by atoms with Crippen molar-refractivity contribution in [3.63, 3.8) is 0 Å². The molecule has 5 aromatic carbocycles. The summed E-state index contributed by atoms with van der Waals surface area (Å²) in [6.45, 7) is -2.49. The number of carbonyl (C=O) groups excluding carboxylic acids is 10. The predicted molar refractivity (Wildman–Crippen MR) is 319 cm³/mol. The van der Waals surface area contributed by atoms with E-state index in [0.717, 1.165) is 35.1 Å². The van der Waals surface area contributed by atoms with Gasteiger partial charge in [0.25, 0.3) is 11.8 Å². The minimum Gasteiger partial charge on any atom is -0.467 e. The van der Waals surface area contributed by atoms with Crippen LogP contribution in [0.4, 0.5) is 27.2 Å². The molecule has 0 aliphatic carbocycles. The van der Waals surface area contributed by atoms with Crippen molar-refractivity contribution >= 4 is 59.6 Å². The molecule has 2 atom stereocenters. The van der Waals surface area contributed by atoms with Crippen LogP contribution in [0.3, 0.4) is 0 Å². The fraction of sp³-hybridized carbons (Fsp3) is 0.375. The first-order valence-electron chi connectivity index (χ1n) is 29.0. The molecule has 0 radical (unpaired) electrons. The minimum atomic E-state index is -1.10. The van der Waals surface area contributed by atoms with Gasteiger partial charge in [0.2, 0.25) is 23.6 Å². The highest BCUT2D eigenvalue weighted by molar-refractivity contribution is 6.03. The Bertz CT molecular complexity index is 2970. The van der Waals surface area contributed by atoms with E-state index in [-0.39, 0.29) is 89.0 Å². The van der Waals surface area contributed by atoms with Crippen molar-refractivity contribution in [3.8, 4) is 0 Å². The van der Waals surface area contributed by atoms with E-state index in [1.807, 2.05) is 0 Å². The van der Waals surface area contributed by atoms with Gasteiger partial charge in [0.1, 0.15) is 61.5 Å². The number of carbonyl (C=O) groups is 10. The summed E-state index contributed by atoms with van der Waals surface area (Å²) >= 11 is 0. The molecule has 0 aromatic heterocycles. The number of benzene rings is 5. The molecule has 482 valence electrons. The van der Waals surface area contributed by atoms with Crippen LogP contribution in [0.15, 0.2) is 121 Å². The van der Waals surface area contributed by atoms with Crippen molar-refractivity contribution in [3.05, 3.63) is 178 Å². The van der Waals surface area contributed by atoms with Crippen LogP contribution in [-0.2, 0) is 73.4 Å². The van der Waals surface area contributed by atoms with Crippen molar-refractivity contribution < 1.29 is 84.5 Å². The summed E-state index contributed by atoms with van der Waals surface area (Å²) < 4.78 is 73.7. The highest BCUT2D eigenvalue weighted by atomic mass is 19.1. The first kappa shape index (κ1) is 70.9. The van der Waals surface area contributed by atoms with E-state index in [0.29, 0.717) is 36.8 Å². The van der Waals surface area contributed by atoms with Gasteiger partial charge in [0.15, 0.2) is 0 Å². The van der Waals surface area contributed by atoms with E-state index in [2.05, 4.69) is 31.9 Å². The second kappa shape index (κ2) is 38.4. The normalized spacial score (nSPS) is 11.4. The SMILES string of the molecule is COC(=O)[C@H](CCCCNC(=O)CN(CC(=O)NCCc1ccc(F)cc1)C(=O)c1cccc(C(=O)N(CC(=O)NCCCC[C@H](NC(=O)OCCc2ccc(F)cc2)C(=O)OC)CC(=O)NCCc2ccc(F)cc2)c1)NC(=O)OCCc1ccc(F)cc1. The van der Waals surface area contributed by atoms with E-state index in [4.69, 9.17) is 18.9 Å². The maximum Gasteiger partial charge on any atom is 0.407 e. The third-order valence-electron chi connectivity index (χ3n) is 13.7. The largest absolute Gasteiger partial charge is 0.467 e. The Balaban J connectivity index is 1.21. The van der Waals surface area contributed by atoms with E-state index >= 15 is 0 Å². The van der Waals surface area contributed by atoms with E-state index in [1.165, 1.54) is 72.8 Å². The standard InChI is InChI=1S/C64H74F4N8O14/c1-87-61(83)53(73-63(85)89-36-30-45-16-24-51(67)25-17-45)10-3-5-32-69-55(77)39-75(41-57(79)71-34-28-43-12-20-49(65)21-13-43)59(81)47-8-7-9-48(38-47)60(82)76(42-58(80)72-35-29-44-14-22-50(66)23-15-44)40-56(78)70-33-6-4-11-54(62(84)88-2)74-64(86)90-37-31-46-18-26-52(68)27-19-46/h7-9,12-27,38,53-54H,3-6,10-11,28-37,39-42H2,1-2H3,(H,69,77)(H,70,78)(H,71,79)(H,72,80)(H,73,85)(H,74,86)/t53-,54-/m0/s1. The van der Waals surface area contributed by atoms with E-state index in [1.54, 1.807) is 48.5 Å². The maximum absolute atomic E-state index is 14.4. The number of unbranched alkanes of at least 4 members (excludes halogenated alkanes) is 2. The third-order valence-corrected chi connectivity index (χ3v) is 13.7. The zero-order chi connectivity index (χ0) is 65.2. The molecule has 5 rings (SSSR count). The molecule has 0 unspecified atom stereocenters. The fourth-order valence-corrected chi connectivity index (χ4v) is 8.84. The highest BCUT2D eigenvalue weighted by Crippen LogP contribution is 2.14. The van der Waals surface area contributed by atoms with Gasteiger partial charge in [-0.3, -0.25) is 28.8 Å². The van der Waals surface area contributed by atoms with Gasteiger partial charge in [0.05, 0.1) is 27.4 Å². The monoisotopic (exact) mass is 1250 g/mol. The van der Waals surface area contributed by atoms with Gasteiger partial charge in [-0.1, -0.05) is 54.6 Å². The number of ether oxygens (including phenoxy) is 4. The summed E-state index contributed by atoms with van der Waals surface area (Å²) in [5, 5.41) is 15.7. The molecule has 0 saturated heterocycles. The number of esters is 2. The molecule has 0 heterocycles. The van der Waals surface area contributed by atoms with E-state index < -0.39 is 121 Å². The molecule has 8 amide bonds. The zero-order valence-corrected chi connectivity index (χ0v) is 50.0. The predicted octanol–water partition coefficient (Wildman–Crippen LogP) is 5.44. The van der Waals surface area contributed by atoms with Crippen LogP contribution in [0.2, 0.25) is 0 Å². The van der Waals surface area contributed by atoms with Crippen LogP contribution >= 0.6 is 0 Å². The number of nitrogens with one attached hydrogen (secondary N) is 6. The smallest absolute Gasteiger partial charge is 0.407 e. The Hall–Kier alpha value is -9.88. The van der Waals surface area contributed by atoms with Crippen molar-refractivity contribution in [1.82, 2.24) is 41.7 Å². The summed E-state index contributed by atoms with van der Waals surface area (Å²) in [5.41, 5.74) is 2.55. The Morgan fingerprint density at radius 3 is 1.01 bits per heavy atom. The second-order valence-electron chi connectivity index (χ2n) is 20.5. The summed E-state index contributed by atoms with van der Waals surface area (Å²) in [6, 6.07) is 25.5. The number of hydrogen-bond acceptors (Lipinski definition) is 14. The van der Waals surface area contributed by atoms with Gasteiger partial charge in [-0.15, -0.1) is 0 Å². The molecule has 0 aliphatic heterocycles. The van der Waals surface area contributed by atoms with Gasteiger partial charge < -0.3 is 60.6 Å². The third kappa shape index (κ3) is 26.6. The number of halogens is 4. The van der Waals surface area contributed by atoms with Gasteiger partial charge in [-0.2, -0.15) is 0 Å². The molecule has 6 N–H and O–H groups in total. The summed E-state index contributed by atoms with van der Waals surface area (Å²) in [5.74, 6) is -7.66. The van der Waals surface area contributed by atoms with Gasteiger partial charge >= 0.3 is 24.1 Å². The first-order chi connectivity index (χ1) is 43.3. The molecule has 0 fully saturated rings. The van der Waals surface area contributed by atoms with Crippen molar-refractivity contribution in [2.45, 2.75) is 76.3 Å². The number of amides is 8. The summed E-state index contributed by atoms with van der Waals surface area (Å²) in [6.07, 6.45) is 0.718. The van der Waals surface area contributed by atoms with Crippen molar-refractivity contribution in [2.75, 3.05) is 79.8 Å². The molecular weight excluding hydrogens is 1180 g/mol. The Morgan fingerprint density at radius 2 is 0.700 bits per heavy atom. The lowest BCUT2D eigenvalue weighted by atomic mass is 10.1. The second-order valence-corrected chi connectivity index (χ2v) is 20.5. The van der Waals surface area contributed by atoms with Crippen molar-refractivity contribution in [2.24, 2.45) is 0 Å². The van der Waals surface area contributed by atoms with Crippen LogP contribution < -0.4 is 31.9 Å². The molecular formula is C64H74F4N8O14. The van der Waals surface area contributed by atoms with Crippen LogP contribution in [0.5, 0.6) is 0 Å². The van der Waals surface area contributed by atoms with Gasteiger partial charge in [0, 0.05) is 50.1 Å². The van der Waals surface area contributed by atoms with Crippen molar-refractivity contribution in [1.29, 1.82) is 0 Å². The molecule has 90 heavy (non-hydrogen) atoms. The number of rotatable bonds is 36. The number of methoxy groups -OCH3 is 2. The Kier molecular flexibility index (Phi) is 30.2. The average Bonchev–Trinajstić information content (AvgIpc) is 1.27. The maximum atomic E-state index is 14.4. The lowest BCUT2D eigenvalue weighted by Gasteiger charge is -2.24. The highest BCUT2D eigenvalue weighted by Gasteiger charge is 2.27. The Morgan fingerprint density at radius 1 is 0.400 bits per heavy atom. The quantitative estimate of drug-likeness (QED) is 0.0126. The molecule has 0 saturated carbocycles. The molecule has 0 aliphatic rings. The number of nitrogens with zero attached hydrogens (tertiary/aromatic N) is 2. The lowest BCUT2D eigenvalue weighted by Crippen LogP contribution is -2.47. The van der Waals surface area contributed by atoms with Crippen LogP contribution in [0, 0.1) is 23.3 Å². The Labute approximate surface area is 518 Å². The zero-order valence-electron chi connectivity index (χ0n) is 50.0.